The summed E-state index contributed by atoms with van der Waals surface area (Å²) in [5.41, 5.74) is 0. The van der Waals surface area contributed by atoms with Crippen molar-refractivity contribution >= 4 is 17.9 Å². The van der Waals surface area contributed by atoms with Gasteiger partial charge in [-0.3, -0.25) is 9.59 Å². The van der Waals surface area contributed by atoms with Gasteiger partial charge in [-0.05, 0) is 40.0 Å². The van der Waals surface area contributed by atoms with E-state index in [0.29, 0.717) is 19.3 Å². The summed E-state index contributed by atoms with van der Waals surface area (Å²) < 4.78 is 38.9. The van der Waals surface area contributed by atoms with Gasteiger partial charge in [0.25, 0.3) is 0 Å². The second-order valence-electron chi connectivity index (χ2n) is 10.4. The number of ether oxygens (including phenoxy) is 7. The minimum absolute atomic E-state index is 0.0989. The van der Waals surface area contributed by atoms with E-state index in [1.165, 1.54) is 27.0 Å². The van der Waals surface area contributed by atoms with E-state index < -0.39 is 91.5 Å². The molecule has 14 nitrogen and oxygen atoms in total. The van der Waals surface area contributed by atoms with Gasteiger partial charge in [-0.1, -0.05) is 19.9 Å². The van der Waals surface area contributed by atoms with Crippen LogP contribution in [0.2, 0.25) is 0 Å². The summed E-state index contributed by atoms with van der Waals surface area (Å²) in [5.74, 6) is -1.81. The number of carbonyl (C=O) groups excluding carboxylic acids is 3. The smallest absolute Gasteiger partial charge is 0.330 e. The van der Waals surface area contributed by atoms with E-state index in [2.05, 4.69) is 4.74 Å². The number of aliphatic hydroxyl groups is 4. The molecule has 242 valence electrons. The van der Waals surface area contributed by atoms with Crippen LogP contribution < -0.4 is 0 Å². The summed E-state index contributed by atoms with van der Waals surface area (Å²) in [7, 11) is 1.28. The molecule has 0 radical (unpaired) electrons. The highest BCUT2D eigenvalue weighted by atomic mass is 16.8. The number of hydrogen-bond donors (Lipinski definition) is 4. The number of carbonyl (C=O) groups is 3. The quantitative estimate of drug-likeness (QED) is 0.119. The minimum atomic E-state index is -1.60. The molecule has 0 aromatic heterocycles. The summed E-state index contributed by atoms with van der Waals surface area (Å²) in [4.78, 5) is 36.3. The molecule has 12 unspecified atom stereocenters. The topological polar surface area (TPSA) is 197 Å². The van der Waals surface area contributed by atoms with E-state index in [-0.39, 0.29) is 12.8 Å². The molecule has 2 heterocycles. The predicted molar refractivity (Wildman–Crippen MR) is 143 cm³/mol. The van der Waals surface area contributed by atoms with Crippen molar-refractivity contribution in [2.45, 2.75) is 140 Å². The lowest BCUT2D eigenvalue weighted by Gasteiger charge is -2.46. The Morgan fingerprint density at radius 3 is 1.95 bits per heavy atom. The summed E-state index contributed by atoms with van der Waals surface area (Å²) in [6.45, 7) is 8.16. The van der Waals surface area contributed by atoms with Gasteiger partial charge in [-0.2, -0.15) is 0 Å². The van der Waals surface area contributed by atoms with Crippen LogP contribution in [-0.4, -0.2) is 119 Å². The third-order valence-electron chi connectivity index (χ3n) is 7.24. The van der Waals surface area contributed by atoms with Gasteiger partial charge in [0.15, 0.2) is 18.7 Å². The molecule has 2 saturated heterocycles. The molecule has 2 aliphatic heterocycles. The first-order valence-corrected chi connectivity index (χ1v) is 14.3. The maximum atomic E-state index is 12.7. The zero-order valence-corrected chi connectivity index (χ0v) is 25.0. The molecule has 2 aliphatic rings. The second-order valence-corrected chi connectivity index (χ2v) is 10.4. The van der Waals surface area contributed by atoms with Crippen LogP contribution in [0.15, 0.2) is 12.2 Å². The molecule has 0 amide bonds. The van der Waals surface area contributed by atoms with Gasteiger partial charge in [0.05, 0.1) is 31.8 Å². The van der Waals surface area contributed by atoms with Crippen LogP contribution in [0, 0.1) is 0 Å². The first-order valence-electron chi connectivity index (χ1n) is 14.3. The van der Waals surface area contributed by atoms with Crippen molar-refractivity contribution in [3.8, 4) is 0 Å². The van der Waals surface area contributed by atoms with E-state index in [4.69, 9.17) is 28.4 Å². The average molecular weight is 607 g/mol. The van der Waals surface area contributed by atoms with Crippen molar-refractivity contribution in [3.63, 3.8) is 0 Å². The summed E-state index contributed by atoms with van der Waals surface area (Å²) in [6, 6.07) is 0. The lowest BCUT2D eigenvalue weighted by molar-refractivity contribution is -0.366. The standard InChI is InChI=1S/C28H46O14/c1-7-10-19(30)41-25-23(34)21(32)15(5)38-28(25)42-26-24(35)22(33)14(4)37-27(26)40-17(9-3)13-20(31)39-16(8-2)11-12-18(29)36-6/h7,10,14-17,21-28,32-35H,8-9,11-13H2,1-6H3. The van der Waals surface area contributed by atoms with Crippen LogP contribution in [0.5, 0.6) is 0 Å². The van der Waals surface area contributed by atoms with E-state index in [9.17, 15) is 34.8 Å². The Labute approximate surface area is 245 Å². The Morgan fingerprint density at radius 2 is 1.40 bits per heavy atom. The molecule has 2 rings (SSSR count). The molecule has 0 spiro atoms. The van der Waals surface area contributed by atoms with Crippen LogP contribution in [-0.2, 0) is 47.5 Å². The molecule has 14 heteroatoms. The van der Waals surface area contributed by atoms with E-state index in [1.807, 2.05) is 6.92 Å². The molecule has 0 saturated carbocycles. The third kappa shape index (κ3) is 9.95. The SMILES string of the molecule is CC=CC(=O)OC1C(OC2C(OC(CC)CC(=O)OC(CC)CCC(=O)OC)OC(C)C(O)C2O)OC(C)C(O)C1O. The highest BCUT2D eigenvalue weighted by Gasteiger charge is 2.51. The Hall–Kier alpha value is -2.17. The number of aliphatic hydroxyl groups excluding tert-OH is 4. The van der Waals surface area contributed by atoms with Crippen molar-refractivity contribution in [1.82, 2.24) is 0 Å². The molecule has 2 fully saturated rings. The normalized spacial score (nSPS) is 34.9. The van der Waals surface area contributed by atoms with Crippen molar-refractivity contribution in [2.75, 3.05) is 7.11 Å². The Morgan fingerprint density at radius 1 is 0.833 bits per heavy atom. The van der Waals surface area contributed by atoms with Gasteiger partial charge in [-0.15, -0.1) is 0 Å². The third-order valence-corrected chi connectivity index (χ3v) is 7.24. The fourth-order valence-electron chi connectivity index (χ4n) is 4.58. The van der Waals surface area contributed by atoms with Crippen LogP contribution in [0.3, 0.4) is 0 Å². The number of esters is 3. The first kappa shape index (κ1) is 36.0. The maximum absolute atomic E-state index is 12.7. The lowest BCUT2D eigenvalue weighted by Crippen LogP contribution is -2.64. The van der Waals surface area contributed by atoms with Crippen molar-refractivity contribution in [1.29, 1.82) is 0 Å². The van der Waals surface area contributed by atoms with Crippen LogP contribution >= 0.6 is 0 Å². The van der Waals surface area contributed by atoms with Gasteiger partial charge in [0, 0.05) is 12.5 Å². The Bertz CT molecular complexity index is 896. The molecular weight excluding hydrogens is 560 g/mol. The van der Waals surface area contributed by atoms with Crippen molar-refractivity contribution in [3.05, 3.63) is 12.2 Å². The van der Waals surface area contributed by atoms with E-state index in [0.717, 1.165) is 6.08 Å². The zero-order chi connectivity index (χ0) is 31.6. The van der Waals surface area contributed by atoms with Crippen LogP contribution in [0.4, 0.5) is 0 Å². The summed E-state index contributed by atoms with van der Waals surface area (Å²) in [5, 5.41) is 42.4. The van der Waals surface area contributed by atoms with E-state index >= 15 is 0 Å². The van der Waals surface area contributed by atoms with Gasteiger partial charge in [-0.25, -0.2) is 4.79 Å². The van der Waals surface area contributed by atoms with Gasteiger partial charge < -0.3 is 53.6 Å². The molecule has 0 bridgehead atoms. The zero-order valence-electron chi connectivity index (χ0n) is 25.0. The highest BCUT2D eigenvalue weighted by molar-refractivity contribution is 5.82. The monoisotopic (exact) mass is 606 g/mol. The maximum Gasteiger partial charge on any atom is 0.330 e. The molecule has 0 aliphatic carbocycles. The van der Waals surface area contributed by atoms with Crippen molar-refractivity contribution < 1.29 is 68.0 Å². The Kier molecular flexibility index (Phi) is 14.8. The van der Waals surface area contributed by atoms with E-state index in [1.54, 1.807) is 13.8 Å². The fourth-order valence-corrected chi connectivity index (χ4v) is 4.58. The largest absolute Gasteiger partial charge is 0.469 e. The number of rotatable bonds is 14. The molecule has 0 aromatic rings. The van der Waals surface area contributed by atoms with Crippen molar-refractivity contribution in [2.24, 2.45) is 0 Å². The highest BCUT2D eigenvalue weighted by Crippen LogP contribution is 2.32. The number of methoxy groups -OCH3 is 1. The summed E-state index contributed by atoms with van der Waals surface area (Å²) in [6.07, 6.45) is -11.3. The minimum Gasteiger partial charge on any atom is -0.469 e. The fraction of sp³-hybridized carbons (Fsp3) is 0.821. The number of allylic oxidation sites excluding steroid dienone is 1. The number of hydrogen-bond acceptors (Lipinski definition) is 14. The van der Waals surface area contributed by atoms with Crippen LogP contribution in [0.1, 0.15) is 66.7 Å². The molecule has 12 atom stereocenters. The first-order chi connectivity index (χ1) is 19.9. The second kappa shape index (κ2) is 17.2. The Balaban J connectivity index is 2.18. The van der Waals surface area contributed by atoms with Gasteiger partial charge in [0.2, 0.25) is 0 Å². The molecule has 0 aromatic carbocycles. The van der Waals surface area contributed by atoms with Gasteiger partial charge in [0.1, 0.15) is 36.6 Å². The lowest BCUT2D eigenvalue weighted by atomic mass is 9.97. The van der Waals surface area contributed by atoms with Crippen LogP contribution in [0.25, 0.3) is 0 Å². The summed E-state index contributed by atoms with van der Waals surface area (Å²) >= 11 is 0. The predicted octanol–water partition coefficient (Wildman–Crippen LogP) is 0.253. The molecular formula is C28H46O14. The molecule has 4 N–H and O–H groups in total. The van der Waals surface area contributed by atoms with Gasteiger partial charge >= 0.3 is 17.9 Å². The average Bonchev–Trinajstić information content (AvgIpc) is 2.96. The molecule has 42 heavy (non-hydrogen) atoms.